The van der Waals surface area contributed by atoms with Crippen molar-refractivity contribution in [3.8, 4) is 6.07 Å². The molecule has 0 radical (unpaired) electrons. The van der Waals surface area contributed by atoms with Gasteiger partial charge in [0.25, 0.3) is 0 Å². The molecular weight excluding hydrogens is 240 g/mol. The lowest BCUT2D eigenvalue weighted by Crippen LogP contribution is -2.26. The first-order valence-electron chi connectivity index (χ1n) is 5.87. The summed E-state index contributed by atoms with van der Waals surface area (Å²) in [5.41, 5.74) is 1.53. The Kier molecular flexibility index (Phi) is 3.67. The minimum atomic E-state index is -0.295. The minimum Gasteiger partial charge on any atom is -0.468 e. The molecule has 0 amide bonds. The Morgan fingerprint density at radius 1 is 1.26 bits per heavy atom. The average Bonchev–Trinajstić information content (AvgIpc) is 2.45. The van der Waals surface area contributed by atoms with E-state index in [1.807, 2.05) is 42.3 Å². The van der Waals surface area contributed by atoms with Gasteiger partial charge in [-0.25, -0.2) is 0 Å². The zero-order chi connectivity index (χ0) is 13.8. The number of anilines is 1. The van der Waals surface area contributed by atoms with E-state index in [2.05, 4.69) is 10.8 Å². The number of carbonyl (C=O) groups is 1. The molecule has 0 aliphatic carbocycles. The van der Waals surface area contributed by atoms with Crippen molar-refractivity contribution in [1.82, 2.24) is 0 Å². The zero-order valence-electron chi connectivity index (χ0n) is 10.9. The van der Waals surface area contributed by atoms with Crippen LogP contribution in [0.5, 0.6) is 0 Å². The zero-order valence-corrected chi connectivity index (χ0v) is 10.9. The van der Waals surface area contributed by atoms with Crippen LogP contribution in [0.15, 0.2) is 36.4 Å². The number of benzene rings is 2. The number of esters is 1. The van der Waals surface area contributed by atoms with Crippen molar-refractivity contribution < 1.29 is 9.53 Å². The molecule has 0 bridgehead atoms. The molecule has 0 aliphatic heterocycles. The maximum atomic E-state index is 11.3. The molecule has 0 aromatic heterocycles. The van der Waals surface area contributed by atoms with E-state index in [1.165, 1.54) is 7.11 Å². The van der Waals surface area contributed by atoms with Gasteiger partial charge < -0.3 is 9.64 Å². The number of ether oxygens (including phenoxy) is 1. The number of carbonyl (C=O) groups excluding carboxylic acids is 1. The van der Waals surface area contributed by atoms with Crippen LogP contribution in [0.2, 0.25) is 0 Å². The second-order valence-corrected chi connectivity index (χ2v) is 4.22. The third-order valence-electron chi connectivity index (χ3n) is 3.03. The predicted molar refractivity (Wildman–Crippen MR) is 73.9 cm³/mol. The van der Waals surface area contributed by atoms with Gasteiger partial charge >= 0.3 is 5.97 Å². The molecular formula is C15H14N2O2. The van der Waals surface area contributed by atoms with Gasteiger partial charge in [-0.3, -0.25) is 4.79 Å². The van der Waals surface area contributed by atoms with Gasteiger partial charge in [-0.2, -0.15) is 5.26 Å². The number of methoxy groups -OCH3 is 1. The SMILES string of the molecule is COC(=O)CN(C)c1ccc(C#N)c2ccccc12. The Morgan fingerprint density at radius 2 is 1.95 bits per heavy atom. The highest BCUT2D eigenvalue weighted by Gasteiger charge is 2.12. The molecule has 0 N–H and O–H groups in total. The van der Waals surface area contributed by atoms with Crippen molar-refractivity contribution in [2.75, 3.05) is 25.6 Å². The molecule has 0 saturated heterocycles. The molecule has 96 valence electrons. The van der Waals surface area contributed by atoms with Gasteiger partial charge in [0.2, 0.25) is 0 Å². The molecule has 0 saturated carbocycles. The Morgan fingerprint density at radius 3 is 2.58 bits per heavy atom. The van der Waals surface area contributed by atoms with Crippen molar-refractivity contribution in [3.05, 3.63) is 42.0 Å². The lowest BCUT2D eigenvalue weighted by Gasteiger charge is -2.20. The van der Waals surface area contributed by atoms with Gasteiger partial charge in [-0.1, -0.05) is 24.3 Å². The first-order chi connectivity index (χ1) is 9.17. The first kappa shape index (κ1) is 12.9. The molecule has 0 spiro atoms. The monoisotopic (exact) mass is 254 g/mol. The summed E-state index contributed by atoms with van der Waals surface area (Å²) in [5, 5.41) is 11.0. The number of fused-ring (bicyclic) bond motifs is 1. The fraction of sp³-hybridized carbons (Fsp3) is 0.200. The predicted octanol–water partition coefficient (Wildman–Crippen LogP) is 2.32. The molecule has 0 unspecified atom stereocenters. The van der Waals surface area contributed by atoms with E-state index in [4.69, 9.17) is 5.26 Å². The van der Waals surface area contributed by atoms with Crippen molar-refractivity contribution in [2.45, 2.75) is 0 Å². The van der Waals surface area contributed by atoms with E-state index < -0.39 is 0 Å². The number of hydrogen-bond donors (Lipinski definition) is 0. The highest BCUT2D eigenvalue weighted by atomic mass is 16.5. The van der Waals surface area contributed by atoms with Gasteiger partial charge in [-0.15, -0.1) is 0 Å². The van der Waals surface area contributed by atoms with Crippen LogP contribution in [0.4, 0.5) is 5.69 Å². The van der Waals surface area contributed by atoms with Crippen molar-refractivity contribution in [1.29, 1.82) is 5.26 Å². The minimum absolute atomic E-state index is 0.173. The molecule has 2 rings (SSSR count). The lowest BCUT2D eigenvalue weighted by atomic mass is 10.0. The van der Waals surface area contributed by atoms with E-state index in [0.717, 1.165) is 16.5 Å². The number of nitriles is 1. The Hall–Kier alpha value is -2.54. The summed E-state index contributed by atoms with van der Waals surface area (Å²) in [6.45, 7) is 0.173. The van der Waals surface area contributed by atoms with E-state index >= 15 is 0 Å². The molecule has 2 aromatic rings. The summed E-state index contributed by atoms with van der Waals surface area (Å²) in [7, 11) is 3.19. The van der Waals surface area contributed by atoms with Crippen molar-refractivity contribution in [3.63, 3.8) is 0 Å². The van der Waals surface area contributed by atoms with Crippen LogP contribution in [0.25, 0.3) is 10.8 Å². The van der Waals surface area contributed by atoms with Crippen molar-refractivity contribution >= 4 is 22.4 Å². The largest absolute Gasteiger partial charge is 0.468 e. The Labute approximate surface area is 111 Å². The molecule has 19 heavy (non-hydrogen) atoms. The van der Waals surface area contributed by atoms with E-state index in [0.29, 0.717) is 5.56 Å². The van der Waals surface area contributed by atoms with Gasteiger partial charge in [0.1, 0.15) is 6.54 Å². The second-order valence-electron chi connectivity index (χ2n) is 4.22. The lowest BCUT2D eigenvalue weighted by molar-refractivity contribution is -0.138. The quantitative estimate of drug-likeness (QED) is 0.789. The standard InChI is InChI=1S/C15H14N2O2/c1-17(10-15(18)19-2)14-8-7-11(9-16)12-5-3-4-6-13(12)14/h3-8H,10H2,1-2H3. The third kappa shape index (κ3) is 2.50. The van der Waals surface area contributed by atoms with Crippen LogP contribution in [-0.2, 0) is 9.53 Å². The first-order valence-corrected chi connectivity index (χ1v) is 5.87. The van der Waals surface area contributed by atoms with Gasteiger partial charge in [0.05, 0.1) is 18.7 Å². The number of likely N-dealkylation sites (N-methyl/N-ethyl adjacent to an activating group) is 1. The van der Waals surface area contributed by atoms with E-state index in [-0.39, 0.29) is 12.5 Å². The summed E-state index contributed by atoms with van der Waals surface area (Å²) in [6.07, 6.45) is 0. The summed E-state index contributed by atoms with van der Waals surface area (Å²) in [6, 6.07) is 13.5. The van der Waals surface area contributed by atoms with Crippen molar-refractivity contribution in [2.24, 2.45) is 0 Å². The molecule has 4 heteroatoms. The smallest absolute Gasteiger partial charge is 0.325 e. The Balaban J connectivity index is 2.51. The maximum Gasteiger partial charge on any atom is 0.325 e. The maximum absolute atomic E-state index is 11.3. The van der Waals surface area contributed by atoms with Gasteiger partial charge in [0.15, 0.2) is 0 Å². The fourth-order valence-electron chi connectivity index (χ4n) is 2.06. The van der Waals surface area contributed by atoms with Crippen LogP contribution in [0.1, 0.15) is 5.56 Å². The molecule has 0 heterocycles. The van der Waals surface area contributed by atoms with Crippen LogP contribution >= 0.6 is 0 Å². The summed E-state index contributed by atoms with van der Waals surface area (Å²) in [4.78, 5) is 13.2. The molecule has 0 fully saturated rings. The summed E-state index contributed by atoms with van der Waals surface area (Å²) in [5.74, 6) is -0.295. The highest BCUT2D eigenvalue weighted by Crippen LogP contribution is 2.28. The fourth-order valence-corrected chi connectivity index (χ4v) is 2.06. The molecule has 0 aliphatic rings. The number of hydrogen-bond acceptors (Lipinski definition) is 4. The van der Waals surface area contributed by atoms with Gasteiger partial charge in [0, 0.05) is 23.5 Å². The highest BCUT2D eigenvalue weighted by molar-refractivity contribution is 5.98. The number of nitrogens with zero attached hydrogens (tertiary/aromatic N) is 2. The third-order valence-corrected chi connectivity index (χ3v) is 3.03. The summed E-state index contributed by atoms with van der Waals surface area (Å²) < 4.78 is 4.67. The van der Waals surface area contributed by atoms with Gasteiger partial charge in [-0.05, 0) is 12.1 Å². The second kappa shape index (κ2) is 5.40. The van der Waals surface area contributed by atoms with E-state index in [9.17, 15) is 4.79 Å². The summed E-state index contributed by atoms with van der Waals surface area (Å²) >= 11 is 0. The van der Waals surface area contributed by atoms with Crippen LogP contribution in [0, 0.1) is 11.3 Å². The van der Waals surface area contributed by atoms with Crippen LogP contribution in [-0.4, -0.2) is 26.7 Å². The molecule has 2 aromatic carbocycles. The van der Waals surface area contributed by atoms with Crippen LogP contribution in [0.3, 0.4) is 0 Å². The topological polar surface area (TPSA) is 53.3 Å². The normalized spacial score (nSPS) is 9.95. The number of rotatable bonds is 3. The Bertz CT molecular complexity index is 659. The van der Waals surface area contributed by atoms with E-state index in [1.54, 1.807) is 6.07 Å². The average molecular weight is 254 g/mol. The molecule has 4 nitrogen and oxygen atoms in total. The molecule has 0 atom stereocenters. The van der Waals surface area contributed by atoms with Crippen LogP contribution < -0.4 is 4.90 Å².